The smallest absolute Gasteiger partial charge is 0.340 e. The van der Waals surface area contributed by atoms with E-state index in [4.69, 9.17) is 9.84 Å². The van der Waals surface area contributed by atoms with Crippen molar-refractivity contribution in [1.82, 2.24) is 0 Å². The van der Waals surface area contributed by atoms with Gasteiger partial charge in [0.1, 0.15) is 5.60 Å². The summed E-state index contributed by atoms with van der Waals surface area (Å²) in [6.07, 6.45) is 0. The maximum Gasteiger partial charge on any atom is 0.340 e. The van der Waals surface area contributed by atoms with Gasteiger partial charge in [0.05, 0.1) is 12.7 Å². The van der Waals surface area contributed by atoms with Crippen molar-refractivity contribution in [2.75, 3.05) is 12.4 Å². The molecule has 1 atom stereocenters. The summed E-state index contributed by atoms with van der Waals surface area (Å²) in [5.74, 6) is -2.64. The van der Waals surface area contributed by atoms with E-state index >= 15 is 0 Å². The zero-order chi connectivity index (χ0) is 16.9. The van der Waals surface area contributed by atoms with Crippen LogP contribution in [0.4, 0.5) is 5.69 Å². The SMILES string of the molecule is COC(=O)[C@@H](Nc1ccc(C(=O)O)cc1)C(=O)OC(C)(C)C. The molecule has 7 heteroatoms. The summed E-state index contributed by atoms with van der Waals surface area (Å²) < 4.78 is 9.75. The van der Waals surface area contributed by atoms with Crippen LogP contribution in [0.1, 0.15) is 31.1 Å². The highest BCUT2D eigenvalue weighted by Crippen LogP contribution is 2.14. The van der Waals surface area contributed by atoms with Gasteiger partial charge in [-0.15, -0.1) is 0 Å². The Hall–Kier alpha value is -2.57. The van der Waals surface area contributed by atoms with E-state index in [1.165, 1.54) is 24.3 Å². The number of carboxylic acid groups (broad SMARTS) is 1. The van der Waals surface area contributed by atoms with Gasteiger partial charge in [-0.05, 0) is 45.0 Å². The molecule has 0 radical (unpaired) electrons. The third-order valence-corrected chi connectivity index (χ3v) is 2.52. The van der Waals surface area contributed by atoms with Crippen molar-refractivity contribution in [3.8, 4) is 0 Å². The molecule has 0 aliphatic rings. The molecular formula is C15H19NO6. The number of carbonyl (C=O) groups excluding carboxylic acids is 2. The van der Waals surface area contributed by atoms with E-state index in [-0.39, 0.29) is 5.56 Å². The fraction of sp³-hybridized carbons (Fsp3) is 0.400. The molecule has 0 aliphatic carbocycles. The van der Waals surface area contributed by atoms with Crippen LogP contribution in [-0.2, 0) is 19.1 Å². The molecule has 0 fully saturated rings. The van der Waals surface area contributed by atoms with Crippen molar-refractivity contribution in [1.29, 1.82) is 0 Å². The summed E-state index contributed by atoms with van der Waals surface area (Å²) in [5, 5.41) is 11.5. The second-order valence-corrected chi connectivity index (χ2v) is 5.52. The molecule has 0 aliphatic heterocycles. The molecule has 0 unspecified atom stereocenters. The molecule has 120 valence electrons. The van der Waals surface area contributed by atoms with E-state index in [2.05, 4.69) is 10.1 Å². The third kappa shape index (κ3) is 5.08. The van der Waals surface area contributed by atoms with Gasteiger partial charge in [0, 0.05) is 5.69 Å². The van der Waals surface area contributed by atoms with Crippen LogP contribution < -0.4 is 5.32 Å². The largest absolute Gasteiger partial charge is 0.478 e. The van der Waals surface area contributed by atoms with Gasteiger partial charge in [-0.2, -0.15) is 0 Å². The van der Waals surface area contributed by atoms with Crippen LogP contribution in [0.5, 0.6) is 0 Å². The molecule has 22 heavy (non-hydrogen) atoms. The maximum atomic E-state index is 12.1. The zero-order valence-electron chi connectivity index (χ0n) is 12.9. The summed E-state index contributed by atoms with van der Waals surface area (Å²) in [7, 11) is 1.16. The quantitative estimate of drug-likeness (QED) is 0.630. The van der Waals surface area contributed by atoms with Crippen molar-refractivity contribution < 1.29 is 29.0 Å². The van der Waals surface area contributed by atoms with Gasteiger partial charge in [-0.3, -0.25) is 0 Å². The van der Waals surface area contributed by atoms with Crippen LogP contribution >= 0.6 is 0 Å². The molecular weight excluding hydrogens is 290 g/mol. The third-order valence-electron chi connectivity index (χ3n) is 2.52. The second kappa shape index (κ2) is 6.93. The lowest BCUT2D eigenvalue weighted by Gasteiger charge is -2.23. The standard InChI is InChI=1S/C15H19NO6/c1-15(2,3)22-14(20)11(13(19)21-4)16-10-7-5-9(6-8-10)12(17)18/h5-8,11,16H,1-4H3,(H,17,18)/t11-/m1/s1. The molecule has 1 aromatic rings. The summed E-state index contributed by atoms with van der Waals surface area (Å²) in [6.45, 7) is 5.04. The molecule has 0 saturated carbocycles. The van der Waals surface area contributed by atoms with E-state index in [9.17, 15) is 14.4 Å². The lowest BCUT2D eigenvalue weighted by atomic mass is 10.1. The predicted molar refractivity (Wildman–Crippen MR) is 78.7 cm³/mol. The molecule has 1 rings (SSSR count). The number of aromatic carboxylic acids is 1. The normalized spacial score (nSPS) is 12.2. The Kier molecular flexibility index (Phi) is 5.50. The molecule has 0 spiro atoms. The van der Waals surface area contributed by atoms with Gasteiger partial charge in [0.25, 0.3) is 0 Å². The summed E-state index contributed by atoms with van der Waals surface area (Å²) in [4.78, 5) is 34.6. The zero-order valence-corrected chi connectivity index (χ0v) is 12.9. The van der Waals surface area contributed by atoms with Crippen molar-refractivity contribution >= 4 is 23.6 Å². The van der Waals surface area contributed by atoms with Crippen molar-refractivity contribution in [2.45, 2.75) is 32.4 Å². The number of nitrogens with one attached hydrogen (secondary N) is 1. The average Bonchev–Trinajstić information content (AvgIpc) is 2.42. The molecule has 0 aromatic heterocycles. The minimum absolute atomic E-state index is 0.0948. The number of anilines is 1. The fourth-order valence-electron chi connectivity index (χ4n) is 1.57. The Morgan fingerprint density at radius 1 is 1.09 bits per heavy atom. The highest BCUT2D eigenvalue weighted by molar-refractivity contribution is 6.02. The van der Waals surface area contributed by atoms with E-state index in [1.807, 2.05) is 0 Å². The van der Waals surface area contributed by atoms with Gasteiger partial charge in [-0.25, -0.2) is 14.4 Å². The topological polar surface area (TPSA) is 102 Å². The number of benzene rings is 1. The van der Waals surface area contributed by atoms with Crippen LogP contribution in [0.2, 0.25) is 0 Å². The Bertz CT molecular complexity index is 558. The first-order valence-corrected chi connectivity index (χ1v) is 6.54. The number of carboxylic acids is 1. The number of esters is 2. The highest BCUT2D eigenvalue weighted by Gasteiger charge is 2.32. The minimum Gasteiger partial charge on any atom is -0.478 e. The number of carbonyl (C=O) groups is 3. The Labute approximate surface area is 128 Å². The number of ether oxygens (including phenoxy) is 2. The van der Waals surface area contributed by atoms with Crippen LogP contribution in [-0.4, -0.2) is 41.8 Å². The van der Waals surface area contributed by atoms with Gasteiger partial charge in [-0.1, -0.05) is 0 Å². The van der Waals surface area contributed by atoms with Crippen LogP contribution in [0, 0.1) is 0 Å². The van der Waals surface area contributed by atoms with Crippen molar-refractivity contribution in [3.63, 3.8) is 0 Å². The first-order valence-electron chi connectivity index (χ1n) is 6.54. The van der Waals surface area contributed by atoms with E-state index in [0.29, 0.717) is 5.69 Å². The first kappa shape index (κ1) is 17.5. The highest BCUT2D eigenvalue weighted by atomic mass is 16.6. The molecule has 0 heterocycles. The molecule has 2 N–H and O–H groups in total. The second-order valence-electron chi connectivity index (χ2n) is 5.52. The summed E-state index contributed by atoms with van der Waals surface area (Å²) in [6, 6.07) is 4.27. The minimum atomic E-state index is -1.33. The van der Waals surface area contributed by atoms with Crippen LogP contribution in [0.15, 0.2) is 24.3 Å². The molecule has 0 saturated heterocycles. The fourth-order valence-corrected chi connectivity index (χ4v) is 1.57. The number of hydrogen-bond acceptors (Lipinski definition) is 6. The average molecular weight is 309 g/mol. The number of hydrogen-bond donors (Lipinski definition) is 2. The van der Waals surface area contributed by atoms with Gasteiger partial charge >= 0.3 is 17.9 Å². The number of methoxy groups -OCH3 is 1. The monoisotopic (exact) mass is 309 g/mol. The Morgan fingerprint density at radius 3 is 2.05 bits per heavy atom. The maximum absolute atomic E-state index is 12.1. The van der Waals surface area contributed by atoms with Crippen molar-refractivity contribution in [3.05, 3.63) is 29.8 Å². The Balaban J connectivity index is 2.92. The van der Waals surface area contributed by atoms with Crippen LogP contribution in [0.3, 0.4) is 0 Å². The lowest BCUT2D eigenvalue weighted by molar-refractivity contribution is -0.162. The van der Waals surface area contributed by atoms with E-state index in [0.717, 1.165) is 7.11 Å². The van der Waals surface area contributed by atoms with E-state index in [1.54, 1.807) is 20.8 Å². The van der Waals surface area contributed by atoms with Gasteiger partial charge < -0.3 is 19.9 Å². The molecule has 0 bridgehead atoms. The summed E-state index contributed by atoms with van der Waals surface area (Å²) in [5.41, 5.74) is -0.262. The van der Waals surface area contributed by atoms with Gasteiger partial charge in [0.15, 0.2) is 0 Å². The lowest BCUT2D eigenvalue weighted by Crippen LogP contribution is -2.42. The Morgan fingerprint density at radius 2 is 1.64 bits per heavy atom. The summed E-state index contributed by atoms with van der Waals surface area (Å²) >= 11 is 0. The van der Waals surface area contributed by atoms with E-state index < -0.39 is 29.6 Å². The predicted octanol–water partition coefficient (Wildman–Crippen LogP) is 1.68. The van der Waals surface area contributed by atoms with Crippen LogP contribution in [0.25, 0.3) is 0 Å². The molecule has 0 amide bonds. The number of rotatable bonds is 5. The molecule has 7 nitrogen and oxygen atoms in total. The first-order chi connectivity index (χ1) is 10.1. The van der Waals surface area contributed by atoms with Gasteiger partial charge in [0.2, 0.25) is 6.04 Å². The molecule has 1 aromatic carbocycles. The van der Waals surface area contributed by atoms with Crippen molar-refractivity contribution in [2.24, 2.45) is 0 Å².